The molecule has 0 spiro atoms. The molecule has 0 saturated carbocycles. The van der Waals surface area contributed by atoms with Crippen LogP contribution in [-0.2, 0) is 15.6 Å². The number of methoxy groups -OCH3 is 1. The smallest absolute Gasteiger partial charge is 0.500 e. The Kier molecular flexibility index (Phi) is 9.66. The second kappa shape index (κ2) is 8.28. The van der Waals surface area contributed by atoms with E-state index in [9.17, 15) is 17.3 Å². The molecule has 0 bridgehead atoms. The fourth-order valence-electron chi connectivity index (χ4n) is 0.247. The normalized spacial score (nSPS) is 13.5. The van der Waals surface area contributed by atoms with Crippen molar-refractivity contribution in [3.63, 3.8) is 0 Å². The maximum Gasteiger partial charge on any atom is 0.673 e. The minimum absolute atomic E-state index is 0.418. The van der Waals surface area contributed by atoms with Crippen LogP contribution in [0.4, 0.5) is 17.3 Å². The summed E-state index contributed by atoms with van der Waals surface area (Å²) in [5, 5.41) is 2.08. The summed E-state index contributed by atoms with van der Waals surface area (Å²) in [5.74, 6) is 1.21. The third-order valence-electron chi connectivity index (χ3n) is 0.879. The Balaban J connectivity index is 0. The first kappa shape index (κ1) is 15.2. The van der Waals surface area contributed by atoms with Crippen molar-refractivity contribution >= 4 is 18.1 Å². The summed E-state index contributed by atoms with van der Waals surface area (Å²) in [6.07, 6.45) is 3.93. The molecule has 0 saturated heterocycles. The average Bonchev–Trinajstić information content (AvgIpc) is 1.97. The van der Waals surface area contributed by atoms with E-state index in [2.05, 4.69) is 18.6 Å². The molecule has 0 aliphatic heterocycles. The summed E-state index contributed by atoms with van der Waals surface area (Å²) in [6.45, 7) is 2.17. The van der Waals surface area contributed by atoms with Gasteiger partial charge in [0.05, 0.1) is 7.11 Å². The van der Waals surface area contributed by atoms with Gasteiger partial charge in [0.2, 0.25) is 0 Å². The molecule has 0 aromatic rings. The van der Waals surface area contributed by atoms with Crippen LogP contribution in [-0.4, -0.2) is 26.4 Å². The zero-order valence-corrected chi connectivity index (χ0v) is 8.58. The fourth-order valence-corrected chi connectivity index (χ4v) is 0.740. The highest BCUT2D eigenvalue weighted by Gasteiger charge is 2.20. The van der Waals surface area contributed by atoms with Crippen LogP contribution >= 0.6 is 0 Å². The van der Waals surface area contributed by atoms with Crippen LogP contribution in [0.3, 0.4) is 0 Å². The summed E-state index contributed by atoms with van der Waals surface area (Å²) < 4.78 is 43.7. The Labute approximate surface area is 78.6 Å². The number of hydrogen-bond acceptors (Lipinski definition) is 1. The second-order valence-electron chi connectivity index (χ2n) is 1.98. The van der Waals surface area contributed by atoms with E-state index >= 15 is 0 Å². The maximum atomic E-state index is 9.75. The summed E-state index contributed by atoms with van der Waals surface area (Å²) in [5.41, 5.74) is 0. The Hall–Kier alpha value is -0.325. The zero-order valence-electron chi connectivity index (χ0n) is 7.77. The van der Waals surface area contributed by atoms with Gasteiger partial charge >= 0.3 is 7.25 Å². The molecular formula is C6H13BF4OS. The van der Waals surface area contributed by atoms with Gasteiger partial charge in [0.15, 0.2) is 5.41 Å². The van der Waals surface area contributed by atoms with E-state index in [1.54, 1.807) is 13.4 Å². The van der Waals surface area contributed by atoms with Crippen molar-refractivity contribution in [2.24, 2.45) is 0 Å². The van der Waals surface area contributed by atoms with Gasteiger partial charge in [-0.15, -0.1) is 0 Å². The van der Waals surface area contributed by atoms with Gasteiger partial charge in [0, 0.05) is 10.9 Å². The molecule has 7 heteroatoms. The van der Waals surface area contributed by atoms with Gasteiger partial charge < -0.3 is 22.0 Å². The Morgan fingerprint density at radius 3 is 1.92 bits per heavy atom. The van der Waals surface area contributed by atoms with Gasteiger partial charge in [-0.1, -0.05) is 0 Å². The fraction of sp³-hybridized carbons (Fsp3) is 0.667. The lowest BCUT2D eigenvalue weighted by Crippen LogP contribution is -2.02. The number of ether oxygens (including phenoxy) is 1. The van der Waals surface area contributed by atoms with E-state index in [1.165, 1.54) is 5.75 Å². The first-order valence-corrected chi connectivity index (χ1v) is 5.36. The lowest BCUT2D eigenvalue weighted by Gasteiger charge is -1.94. The van der Waals surface area contributed by atoms with E-state index in [0.29, 0.717) is 10.9 Å². The summed E-state index contributed by atoms with van der Waals surface area (Å²) in [6, 6.07) is 0. The molecule has 1 unspecified atom stereocenters. The highest BCUT2D eigenvalue weighted by molar-refractivity contribution is 7.98. The zero-order chi connectivity index (χ0) is 10.9. The molecule has 0 heterocycles. The molecule has 0 fully saturated rings. The van der Waals surface area contributed by atoms with Crippen LogP contribution in [0.2, 0.25) is 0 Å². The third-order valence-corrected chi connectivity index (χ3v) is 2.37. The number of rotatable bonds is 3. The summed E-state index contributed by atoms with van der Waals surface area (Å²) in [7, 11) is -3.91. The molecule has 80 valence electrons. The lowest BCUT2D eigenvalue weighted by atomic mass is 10.3. The molecule has 0 aromatic carbocycles. The van der Waals surface area contributed by atoms with E-state index in [1.807, 2.05) is 0 Å². The molecule has 0 aliphatic rings. The topological polar surface area (TPSA) is 9.23 Å². The quantitative estimate of drug-likeness (QED) is 0.307. The van der Waals surface area contributed by atoms with Gasteiger partial charge in [-0.05, 0) is 6.92 Å². The molecule has 13 heavy (non-hydrogen) atoms. The van der Waals surface area contributed by atoms with Crippen LogP contribution in [0, 0.1) is 0 Å². The Morgan fingerprint density at radius 1 is 1.31 bits per heavy atom. The molecule has 1 atom stereocenters. The van der Waals surface area contributed by atoms with E-state index in [4.69, 9.17) is 4.74 Å². The summed E-state index contributed by atoms with van der Waals surface area (Å²) in [4.78, 5) is 0. The highest BCUT2D eigenvalue weighted by atomic mass is 32.2. The minimum atomic E-state index is -6.00. The number of hydrogen-bond donors (Lipinski definition) is 0. The van der Waals surface area contributed by atoms with Crippen molar-refractivity contribution in [3.05, 3.63) is 11.7 Å². The predicted molar refractivity (Wildman–Crippen MR) is 50.2 cm³/mol. The molecular weight excluding hydrogens is 207 g/mol. The first-order valence-electron chi connectivity index (χ1n) is 3.49. The monoisotopic (exact) mass is 220 g/mol. The van der Waals surface area contributed by atoms with Crippen molar-refractivity contribution in [1.82, 2.24) is 0 Å². The average molecular weight is 220 g/mol. The van der Waals surface area contributed by atoms with Crippen LogP contribution in [0.5, 0.6) is 0 Å². The van der Waals surface area contributed by atoms with Crippen LogP contribution < -0.4 is 0 Å². The minimum Gasteiger partial charge on any atom is -0.500 e. The van der Waals surface area contributed by atoms with Gasteiger partial charge in [-0.25, -0.2) is 0 Å². The lowest BCUT2D eigenvalue weighted by molar-refractivity contribution is 0.339. The SMILES string of the molecule is CC[S+](C)/C=C/OC.F[B-](F)(F)F. The predicted octanol–water partition coefficient (Wildman–Crippen LogP) is 2.67. The Morgan fingerprint density at radius 2 is 1.69 bits per heavy atom. The van der Waals surface area contributed by atoms with E-state index in [-0.39, 0.29) is 0 Å². The number of halogens is 4. The largest absolute Gasteiger partial charge is 0.673 e. The molecule has 0 aromatic heterocycles. The molecule has 0 N–H and O–H groups in total. The van der Waals surface area contributed by atoms with Crippen molar-refractivity contribution < 1.29 is 22.0 Å². The first-order chi connectivity index (χ1) is 5.81. The van der Waals surface area contributed by atoms with Gasteiger partial charge in [0.1, 0.15) is 18.3 Å². The van der Waals surface area contributed by atoms with Crippen molar-refractivity contribution in [3.8, 4) is 0 Å². The Bertz CT molecular complexity index is 133. The van der Waals surface area contributed by atoms with Crippen LogP contribution in [0.15, 0.2) is 11.7 Å². The van der Waals surface area contributed by atoms with Crippen molar-refractivity contribution in [1.29, 1.82) is 0 Å². The highest BCUT2D eigenvalue weighted by Crippen LogP contribution is 2.06. The van der Waals surface area contributed by atoms with E-state index in [0.717, 1.165) is 0 Å². The summed E-state index contributed by atoms with van der Waals surface area (Å²) >= 11 is 0. The van der Waals surface area contributed by atoms with E-state index < -0.39 is 7.25 Å². The van der Waals surface area contributed by atoms with Crippen molar-refractivity contribution in [2.45, 2.75) is 6.92 Å². The molecule has 0 amide bonds. The maximum absolute atomic E-state index is 9.75. The molecule has 0 rings (SSSR count). The second-order valence-corrected chi connectivity index (χ2v) is 4.21. The van der Waals surface area contributed by atoms with Crippen molar-refractivity contribution in [2.75, 3.05) is 19.1 Å². The van der Waals surface area contributed by atoms with Gasteiger partial charge in [-0.3, -0.25) is 0 Å². The third kappa shape index (κ3) is 33.9. The van der Waals surface area contributed by atoms with Crippen LogP contribution in [0.1, 0.15) is 6.92 Å². The standard InChI is InChI=1S/C6H13OS.BF4/c1-4-8(3)6-5-7-2;2-1(3,4)5/h5-6H,4H2,1-3H3;/q+1;-1/b6-5+;. The molecule has 0 aliphatic carbocycles. The molecule has 0 radical (unpaired) electrons. The van der Waals surface area contributed by atoms with Crippen LogP contribution in [0.25, 0.3) is 0 Å². The molecule has 1 nitrogen and oxygen atoms in total. The van der Waals surface area contributed by atoms with Gasteiger partial charge in [-0.2, -0.15) is 0 Å². The van der Waals surface area contributed by atoms with Gasteiger partial charge in [0.25, 0.3) is 0 Å².